The maximum absolute atomic E-state index is 9.91. The van der Waals surface area contributed by atoms with Crippen LogP contribution in [0.5, 0.6) is 5.75 Å². The molecule has 1 atom stereocenters. The summed E-state index contributed by atoms with van der Waals surface area (Å²) in [6.45, 7) is 2.42. The van der Waals surface area contributed by atoms with Gasteiger partial charge in [-0.15, -0.1) is 0 Å². The van der Waals surface area contributed by atoms with Gasteiger partial charge in [0, 0.05) is 6.20 Å². The van der Waals surface area contributed by atoms with Crippen LogP contribution in [0.15, 0.2) is 34.9 Å². The number of ether oxygens (including phenoxy) is 1. The van der Waals surface area contributed by atoms with E-state index in [0.29, 0.717) is 17.9 Å². The fourth-order valence-corrected chi connectivity index (χ4v) is 1.99. The Labute approximate surface area is 125 Å². The van der Waals surface area contributed by atoms with E-state index in [1.165, 1.54) is 0 Å². The predicted octanol–water partition coefficient (Wildman–Crippen LogP) is 2.27. The standard InChI is InChI=1S/C14H14BrN3O2/c1-10-14(15)8-18(17-10)7-12(19)9-20-13-4-2-11(6-16)3-5-13/h2-5,8,12,19H,7,9H2,1H3. The molecular formula is C14H14BrN3O2. The number of benzene rings is 1. The number of hydrogen-bond acceptors (Lipinski definition) is 4. The fourth-order valence-electron chi connectivity index (χ4n) is 1.67. The summed E-state index contributed by atoms with van der Waals surface area (Å²) in [5, 5.41) is 22.8. The van der Waals surface area contributed by atoms with E-state index in [2.05, 4.69) is 21.0 Å². The maximum Gasteiger partial charge on any atom is 0.119 e. The monoisotopic (exact) mass is 335 g/mol. The summed E-state index contributed by atoms with van der Waals surface area (Å²) in [7, 11) is 0. The lowest BCUT2D eigenvalue weighted by atomic mass is 10.2. The van der Waals surface area contributed by atoms with Gasteiger partial charge in [-0.3, -0.25) is 4.68 Å². The summed E-state index contributed by atoms with van der Waals surface area (Å²) in [5.41, 5.74) is 1.46. The second-order valence-corrected chi connectivity index (χ2v) is 5.24. The Bertz CT molecular complexity index is 597. The molecule has 2 aromatic rings. The van der Waals surface area contributed by atoms with Crippen molar-refractivity contribution in [3.8, 4) is 11.8 Å². The summed E-state index contributed by atoms with van der Waals surface area (Å²) in [4.78, 5) is 0. The lowest BCUT2D eigenvalue weighted by Gasteiger charge is -2.12. The molecule has 0 aliphatic carbocycles. The van der Waals surface area contributed by atoms with Crippen LogP contribution in [0.4, 0.5) is 0 Å². The minimum absolute atomic E-state index is 0.169. The molecule has 0 bridgehead atoms. The number of aliphatic hydroxyl groups excluding tert-OH is 1. The molecule has 1 N–H and O–H groups in total. The highest BCUT2D eigenvalue weighted by atomic mass is 79.9. The summed E-state index contributed by atoms with van der Waals surface area (Å²) in [6, 6.07) is 8.81. The Morgan fingerprint density at radius 1 is 1.45 bits per heavy atom. The Kier molecular flexibility index (Phi) is 4.77. The van der Waals surface area contributed by atoms with E-state index < -0.39 is 6.10 Å². The molecule has 20 heavy (non-hydrogen) atoms. The third-order valence-corrected chi connectivity index (χ3v) is 3.49. The van der Waals surface area contributed by atoms with Gasteiger partial charge in [-0.1, -0.05) is 0 Å². The highest BCUT2D eigenvalue weighted by Gasteiger charge is 2.09. The van der Waals surface area contributed by atoms with Gasteiger partial charge in [0.2, 0.25) is 0 Å². The third kappa shape index (κ3) is 3.83. The summed E-state index contributed by atoms with van der Waals surface area (Å²) in [5.74, 6) is 0.626. The molecule has 6 heteroatoms. The van der Waals surface area contributed by atoms with Gasteiger partial charge in [0.05, 0.1) is 28.3 Å². The quantitative estimate of drug-likeness (QED) is 0.909. The zero-order valence-electron chi connectivity index (χ0n) is 11.0. The second kappa shape index (κ2) is 6.55. The van der Waals surface area contributed by atoms with Crippen molar-refractivity contribution >= 4 is 15.9 Å². The highest BCUT2D eigenvalue weighted by molar-refractivity contribution is 9.10. The smallest absolute Gasteiger partial charge is 0.119 e. The van der Waals surface area contributed by atoms with Crippen molar-refractivity contribution in [2.75, 3.05) is 6.61 Å². The van der Waals surface area contributed by atoms with Gasteiger partial charge in [-0.2, -0.15) is 10.4 Å². The average Bonchev–Trinajstić information content (AvgIpc) is 2.75. The number of aryl methyl sites for hydroxylation is 1. The molecule has 5 nitrogen and oxygen atoms in total. The second-order valence-electron chi connectivity index (χ2n) is 4.39. The minimum Gasteiger partial charge on any atom is -0.491 e. The number of aliphatic hydroxyl groups is 1. The average molecular weight is 336 g/mol. The van der Waals surface area contributed by atoms with E-state index in [1.807, 2.05) is 19.2 Å². The van der Waals surface area contributed by atoms with Crippen molar-refractivity contribution in [2.24, 2.45) is 0 Å². The maximum atomic E-state index is 9.91. The lowest BCUT2D eigenvalue weighted by molar-refractivity contribution is 0.0892. The van der Waals surface area contributed by atoms with E-state index >= 15 is 0 Å². The van der Waals surface area contributed by atoms with E-state index in [1.54, 1.807) is 28.9 Å². The van der Waals surface area contributed by atoms with E-state index in [4.69, 9.17) is 10.00 Å². The first-order valence-corrected chi connectivity index (χ1v) is 6.88. The molecule has 1 unspecified atom stereocenters. The van der Waals surface area contributed by atoms with E-state index in [-0.39, 0.29) is 6.61 Å². The Hall–Kier alpha value is -1.84. The number of aromatic nitrogens is 2. The molecule has 2 rings (SSSR count). The van der Waals surface area contributed by atoms with Gasteiger partial charge in [0.25, 0.3) is 0 Å². The molecular weight excluding hydrogens is 322 g/mol. The molecule has 1 aromatic heterocycles. The molecule has 0 spiro atoms. The Morgan fingerprint density at radius 3 is 2.70 bits per heavy atom. The number of hydrogen-bond donors (Lipinski definition) is 1. The summed E-state index contributed by atoms with van der Waals surface area (Å²) < 4.78 is 8.05. The van der Waals surface area contributed by atoms with E-state index in [9.17, 15) is 5.11 Å². The first-order valence-electron chi connectivity index (χ1n) is 6.09. The third-order valence-electron chi connectivity index (χ3n) is 2.71. The van der Waals surface area contributed by atoms with Gasteiger partial charge < -0.3 is 9.84 Å². The van der Waals surface area contributed by atoms with Crippen molar-refractivity contribution in [3.63, 3.8) is 0 Å². The van der Waals surface area contributed by atoms with Crippen molar-refractivity contribution in [2.45, 2.75) is 19.6 Å². The van der Waals surface area contributed by atoms with Gasteiger partial charge in [-0.25, -0.2) is 0 Å². The van der Waals surface area contributed by atoms with Crippen molar-refractivity contribution in [1.29, 1.82) is 5.26 Å². The fraction of sp³-hybridized carbons (Fsp3) is 0.286. The van der Waals surface area contributed by atoms with Crippen molar-refractivity contribution in [1.82, 2.24) is 9.78 Å². The Balaban J connectivity index is 1.85. The Morgan fingerprint density at radius 2 is 2.15 bits per heavy atom. The summed E-state index contributed by atoms with van der Waals surface area (Å²) >= 11 is 3.37. The van der Waals surface area contributed by atoms with Crippen LogP contribution in [0, 0.1) is 18.3 Å². The first kappa shape index (κ1) is 14.6. The van der Waals surface area contributed by atoms with Crippen molar-refractivity contribution in [3.05, 3.63) is 46.2 Å². The van der Waals surface area contributed by atoms with Crippen LogP contribution >= 0.6 is 15.9 Å². The zero-order valence-corrected chi connectivity index (χ0v) is 12.5. The summed E-state index contributed by atoms with van der Waals surface area (Å²) in [6.07, 6.45) is 1.16. The molecule has 0 radical (unpaired) electrons. The highest BCUT2D eigenvalue weighted by Crippen LogP contribution is 2.14. The first-order chi connectivity index (χ1) is 9.58. The molecule has 1 heterocycles. The molecule has 0 saturated carbocycles. The van der Waals surface area contributed by atoms with Gasteiger partial charge in [0.1, 0.15) is 18.5 Å². The van der Waals surface area contributed by atoms with E-state index in [0.717, 1.165) is 10.2 Å². The number of nitriles is 1. The van der Waals surface area contributed by atoms with Crippen LogP contribution < -0.4 is 4.74 Å². The van der Waals surface area contributed by atoms with Gasteiger partial charge in [-0.05, 0) is 47.1 Å². The van der Waals surface area contributed by atoms with Crippen LogP contribution in [0.3, 0.4) is 0 Å². The van der Waals surface area contributed by atoms with Crippen LogP contribution in [-0.4, -0.2) is 27.6 Å². The number of halogens is 1. The lowest BCUT2D eigenvalue weighted by Crippen LogP contribution is -2.23. The van der Waals surface area contributed by atoms with Gasteiger partial charge >= 0.3 is 0 Å². The predicted molar refractivity (Wildman–Crippen MR) is 77.3 cm³/mol. The number of nitrogens with zero attached hydrogens (tertiary/aromatic N) is 3. The van der Waals surface area contributed by atoms with Crippen LogP contribution in [0.1, 0.15) is 11.3 Å². The molecule has 0 saturated heterocycles. The SMILES string of the molecule is Cc1nn(CC(O)COc2ccc(C#N)cc2)cc1Br. The van der Waals surface area contributed by atoms with Crippen LogP contribution in [-0.2, 0) is 6.54 Å². The molecule has 0 fully saturated rings. The number of rotatable bonds is 5. The van der Waals surface area contributed by atoms with Crippen LogP contribution in [0.2, 0.25) is 0 Å². The largest absolute Gasteiger partial charge is 0.491 e. The van der Waals surface area contributed by atoms with Gasteiger partial charge in [0.15, 0.2) is 0 Å². The molecule has 0 aliphatic heterocycles. The van der Waals surface area contributed by atoms with Crippen LogP contribution in [0.25, 0.3) is 0 Å². The normalized spacial score (nSPS) is 11.9. The zero-order chi connectivity index (χ0) is 14.5. The molecule has 104 valence electrons. The molecule has 0 amide bonds. The topological polar surface area (TPSA) is 71.1 Å². The van der Waals surface area contributed by atoms with Crippen molar-refractivity contribution < 1.29 is 9.84 Å². The molecule has 0 aliphatic rings. The molecule has 1 aromatic carbocycles. The minimum atomic E-state index is -0.656.